The third kappa shape index (κ3) is 0.380. The van der Waals surface area contributed by atoms with E-state index in [1.54, 1.807) is 25.7 Å². The monoisotopic (exact) mass is 324 g/mol. The van der Waals surface area contributed by atoms with Gasteiger partial charge in [-0.25, -0.2) is 0 Å². The fourth-order valence-electron chi connectivity index (χ4n) is 18.7. The molecule has 0 aliphatic heterocycles. The van der Waals surface area contributed by atoms with Gasteiger partial charge in [0.2, 0.25) is 0 Å². The summed E-state index contributed by atoms with van der Waals surface area (Å²) in [6.45, 7) is 2.73. The zero-order valence-electron chi connectivity index (χ0n) is 14.8. The molecule has 18 atom stereocenters. The average Bonchev–Trinajstić information content (AvgIpc) is 3.03. The lowest BCUT2D eigenvalue weighted by Crippen LogP contribution is -3.23. The zero-order chi connectivity index (χ0) is 15.0. The highest BCUT2D eigenvalue weighted by molar-refractivity contribution is 5.73. The first-order chi connectivity index (χ1) is 12.2. The van der Waals surface area contributed by atoms with Gasteiger partial charge in [0.1, 0.15) is 0 Å². The van der Waals surface area contributed by atoms with Crippen molar-refractivity contribution in [2.45, 2.75) is 32.6 Å². The normalized spacial score (nSPS) is 104. The number of rotatable bonds is 0. The summed E-state index contributed by atoms with van der Waals surface area (Å²) in [7, 11) is 0. The molecule has 0 saturated heterocycles. The average molecular weight is 324 g/mol. The van der Waals surface area contributed by atoms with Crippen molar-refractivity contribution in [1.29, 1.82) is 0 Å². The maximum absolute atomic E-state index is 2.93. The van der Waals surface area contributed by atoms with Crippen LogP contribution in [0.25, 0.3) is 0 Å². The van der Waals surface area contributed by atoms with E-state index in [0.29, 0.717) is 0 Å². The molecule has 13 rings (SSSR count). The Kier molecular flexibility index (Phi) is 0.798. The molecule has 18 unspecified atom stereocenters. The van der Waals surface area contributed by atoms with Gasteiger partial charge in [0.25, 0.3) is 0 Å². The maximum atomic E-state index is 2.93. The Hall–Kier alpha value is -0.260. The van der Waals surface area contributed by atoms with Crippen molar-refractivity contribution in [2.75, 3.05) is 0 Å². The molecule has 0 heteroatoms. The summed E-state index contributed by atoms with van der Waals surface area (Å²) in [6.07, 6.45) is 9.55. The highest BCUT2D eigenvalue weighted by atomic mass is 15.3. The molecule has 0 aromatic carbocycles. The van der Waals surface area contributed by atoms with Gasteiger partial charge >= 0.3 is 0 Å². The summed E-state index contributed by atoms with van der Waals surface area (Å²) in [5.41, 5.74) is 7.83. The third-order valence-electron chi connectivity index (χ3n) is 16.6. The van der Waals surface area contributed by atoms with Gasteiger partial charge in [-0.2, -0.15) is 0 Å². The number of fused-ring (bicyclic) bond motifs is 9. The molecule has 13 aliphatic carbocycles. The predicted octanol–water partition coefficient (Wildman–Crippen LogP) is 3.98. The van der Waals surface area contributed by atoms with Crippen molar-refractivity contribution in [3.63, 3.8) is 0 Å². The Labute approximate surface area is 148 Å². The van der Waals surface area contributed by atoms with E-state index in [1.165, 1.54) is 59.2 Å². The predicted molar refractivity (Wildman–Crippen MR) is 88.7 cm³/mol. The topological polar surface area (TPSA) is 0 Å². The van der Waals surface area contributed by atoms with E-state index in [9.17, 15) is 0 Å². The molecule has 0 radical (unpaired) electrons. The van der Waals surface area contributed by atoms with Gasteiger partial charge in [0.15, 0.2) is 0 Å². The molecule has 0 heterocycles. The molecule has 2 bridgehead atoms. The lowest BCUT2D eigenvalue weighted by Gasteiger charge is -3.26. The van der Waals surface area contributed by atoms with E-state index >= 15 is 0 Å². The van der Waals surface area contributed by atoms with Crippen LogP contribution < -0.4 is 0 Å². The molecular formula is C25H24. The SMILES string of the molecule is CC12CC3=CC1C14C(C2)C2C5C6C7CC8CC9C%10C%11C(C31)C24C5%11C6%10C879. The van der Waals surface area contributed by atoms with Gasteiger partial charge in [0.05, 0.1) is 0 Å². The van der Waals surface area contributed by atoms with E-state index in [1.807, 2.05) is 5.57 Å². The van der Waals surface area contributed by atoms with Crippen LogP contribution in [0.5, 0.6) is 0 Å². The first-order valence-electron chi connectivity index (χ1n) is 11.9. The van der Waals surface area contributed by atoms with E-state index in [0.717, 1.165) is 44.3 Å². The molecule has 0 aromatic rings. The molecule has 11 saturated carbocycles. The first kappa shape index (κ1) is 10.3. The van der Waals surface area contributed by atoms with Crippen LogP contribution in [0.4, 0.5) is 0 Å². The smallest absolute Gasteiger partial charge is 0.00613 e. The van der Waals surface area contributed by atoms with Crippen molar-refractivity contribution in [2.24, 2.45) is 104 Å². The Morgan fingerprint density at radius 3 is 2.32 bits per heavy atom. The Morgan fingerprint density at radius 1 is 0.800 bits per heavy atom. The number of hydrogen-bond acceptors (Lipinski definition) is 0. The van der Waals surface area contributed by atoms with Gasteiger partial charge in [-0.15, -0.1) is 0 Å². The van der Waals surface area contributed by atoms with Crippen molar-refractivity contribution < 1.29 is 0 Å². The molecule has 13 aliphatic rings. The van der Waals surface area contributed by atoms with Crippen LogP contribution in [0.15, 0.2) is 11.6 Å². The highest BCUT2D eigenvalue weighted by Gasteiger charge is 3.25. The zero-order valence-corrected chi connectivity index (χ0v) is 14.8. The summed E-state index contributed by atoms with van der Waals surface area (Å²) >= 11 is 0. The quantitative estimate of drug-likeness (QED) is 0.591. The fraction of sp³-hybridized carbons (Fsp3) is 0.920. The van der Waals surface area contributed by atoms with Crippen molar-refractivity contribution >= 4 is 0 Å². The third-order valence-corrected chi connectivity index (χ3v) is 16.6. The van der Waals surface area contributed by atoms with E-state index in [4.69, 9.17) is 0 Å². The van der Waals surface area contributed by atoms with Gasteiger partial charge in [-0.05, 0) is 129 Å². The molecule has 5 spiro atoms. The second kappa shape index (κ2) is 1.93. The second-order valence-corrected chi connectivity index (χ2v) is 14.3. The highest BCUT2D eigenvalue weighted by Crippen LogP contribution is 3.27. The molecule has 0 aromatic heterocycles. The summed E-state index contributed by atoms with van der Waals surface area (Å²) in [6, 6.07) is 0. The minimum Gasteiger partial charge on any atom is -0.0807 e. The van der Waals surface area contributed by atoms with Crippen molar-refractivity contribution in [3.8, 4) is 0 Å². The molecule has 0 nitrogen and oxygen atoms in total. The van der Waals surface area contributed by atoms with Crippen LogP contribution in [0, 0.1) is 104 Å². The molecule has 0 amide bonds. The first-order valence-corrected chi connectivity index (χ1v) is 11.9. The minimum atomic E-state index is 0.743. The van der Waals surface area contributed by atoms with Crippen LogP contribution in [-0.4, -0.2) is 0 Å². The summed E-state index contributed by atoms with van der Waals surface area (Å²) in [5.74, 6) is 15.1. The second-order valence-electron chi connectivity index (χ2n) is 14.3. The molecule has 25 heavy (non-hydrogen) atoms. The fourth-order valence-corrected chi connectivity index (χ4v) is 18.7. The largest absolute Gasteiger partial charge is 0.0807 e. The van der Waals surface area contributed by atoms with Crippen LogP contribution >= 0.6 is 0 Å². The van der Waals surface area contributed by atoms with Gasteiger partial charge in [-0.1, -0.05) is 18.6 Å². The van der Waals surface area contributed by atoms with Gasteiger partial charge < -0.3 is 0 Å². The summed E-state index contributed by atoms with van der Waals surface area (Å²) < 4.78 is 0. The van der Waals surface area contributed by atoms with Crippen molar-refractivity contribution in [1.82, 2.24) is 0 Å². The maximum Gasteiger partial charge on any atom is -0.00613 e. The Morgan fingerprint density at radius 2 is 1.52 bits per heavy atom. The summed E-state index contributed by atoms with van der Waals surface area (Å²) in [4.78, 5) is 0. The molecular weight excluding hydrogens is 300 g/mol. The molecule has 0 N–H and O–H groups in total. The van der Waals surface area contributed by atoms with E-state index in [2.05, 4.69) is 13.0 Å². The van der Waals surface area contributed by atoms with Gasteiger partial charge in [-0.3, -0.25) is 0 Å². The lowest BCUT2D eigenvalue weighted by molar-refractivity contribution is -0.800. The van der Waals surface area contributed by atoms with E-state index < -0.39 is 0 Å². The van der Waals surface area contributed by atoms with Crippen LogP contribution in [0.1, 0.15) is 32.6 Å². The van der Waals surface area contributed by atoms with Crippen LogP contribution in [0.3, 0.4) is 0 Å². The Bertz CT molecular complexity index is 1070. The minimum absolute atomic E-state index is 0.743. The lowest BCUT2D eigenvalue weighted by atomic mass is 8.77. The molecule has 11 fully saturated rings. The van der Waals surface area contributed by atoms with Crippen LogP contribution in [-0.2, 0) is 0 Å². The Balaban J connectivity index is 1.17. The standard InChI is InChI=1S/C25H24/c1-20-5-7-2-12(20)22-11(6-20)16-18-14-9-3-8-4-10-15-19-17(13(7)22)24(16,22)25(18,19)23(14,15)21(8,9)10/h2,8-19H,3-6H2,1H3. The van der Waals surface area contributed by atoms with Gasteiger partial charge in [0, 0.05) is 0 Å². The van der Waals surface area contributed by atoms with E-state index in [-0.39, 0.29) is 0 Å². The van der Waals surface area contributed by atoms with Crippen LogP contribution in [0.2, 0.25) is 0 Å². The summed E-state index contributed by atoms with van der Waals surface area (Å²) in [5, 5.41) is 0. The van der Waals surface area contributed by atoms with Crippen molar-refractivity contribution in [3.05, 3.63) is 11.6 Å². The number of hydrogen-bond donors (Lipinski definition) is 0. The molecule has 124 valence electrons. The number of allylic oxidation sites excluding steroid dienone is 2.